The zero-order valence-electron chi connectivity index (χ0n) is 8.51. The van der Waals surface area contributed by atoms with Crippen LogP contribution in [0.5, 0.6) is 0 Å². The predicted molar refractivity (Wildman–Crippen MR) is 55.8 cm³/mol. The van der Waals surface area contributed by atoms with Gasteiger partial charge in [-0.1, -0.05) is 11.8 Å². The van der Waals surface area contributed by atoms with Crippen molar-refractivity contribution in [3.05, 3.63) is 18.5 Å². The largest absolute Gasteiger partial charge is 0.480 e. The fourth-order valence-electron chi connectivity index (χ4n) is 0.950. The molecule has 1 unspecified atom stereocenters. The lowest BCUT2D eigenvalue weighted by molar-refractivity contribution is -0.140. The van der Waals surface area contributed by atoms with Gasteiger partial charge in [0.1, 0.15) is 4.75 Å². The van der Waals surface area contributed by atoms with Gasteiger partial charge in [-0.25, -0.2) is 9.97 Å². The first-order chi connectivity index (χ1) is 7.08. The monoisotopic (exact) mass is 228 g/mol. The summed E-state index contributed by atoms with van der Waals surface area (Å²) in [6.07, 6.45) is 3.15. The summed E-state index contributed by atoms with van der Waals surface area (Å²) in [6, 6.07) is 1.68. The van der Waals surface area contributed by atoms with E-state index in [0.717, 1.165) is 11.8 Å². The highest BCUT2D eigenvalue weighted by molar-refractivity contribution is 8.01. The summed E-state index contributed by atoms with van der Waals surface area (Å²) in [5.74, 6) is -0.943. The van der Waals surface area contributed by atoms with Gasteiger partial charge in [0.15, 0.2) is 5.16 Å². The third-order valence-corrected chi connectivity index (χ3v) is 2.87. The molecule has 0 spiro atoms. The number of hydrogen-bond donors (Lipinski definition) is 1. The third kappa shape index (κ3) is 3.17. The molecule has 1 aromatic rings. The molecule has 15 heavy (non-hydrogen) atoms. The van der Waals surface area contributed by atoms with Gasteiger partial charge < -0.3 is 9.84 Å². The van der Waals surface area contributed by atoms with E-state index in [-0.39, 0.29) is 6.61 Å². The highest BCUT2D eigenvalue weighted by Gasteiger charge is 2.35. The summed E-state index contributed by atoms with van der Waals surface area (Å²) >= 11 is 1.08. The smallest absolute Gasteiger partial charge is 0.322 e. The molecule has 0 radical (unpaired) electrons. The van der Waals surface area contributed by atoms with E-state index in [9.17, 15) is 4.79 Å². The van der Waals surface area contributed by atoms with E-state index < -0.39 is 10.7 Å². The quantitative estimate of drug-likeness (QED) is 0.600. The molecule has 1 aromatic heterocycles. The maximum Gasteiger partial charge on any atom is 0.322 e. The molecule has 1 N–H and O–H groups in total. The minimum atomic E-state index is -1.06. The van der Waals surface area contributed by atoms with E-state index in [1.165, 1.54) is 7.11 Å². The van der Waals surface area contributed by atoms with Crippen molar-refractivity contribution < 1.29 is 14.6 Å². The maximum atomic E-state index is 11.1. The SMILES string of the molecule is COCC(C)(Sc1ncccn1)C(=O)O. The van der Waals surface area contributed by atoms with E-state index in [0.29, 0.717) is 5.16 Å². The lowest BCUT2D eigenvalue weighted by atomic mass is 10.2. The highest BCUT2D eigenvalue weighted by atomic mass is 32.2. The zero-order valence-corrected chi connectivity index (χ0v) is 9.32. The second-order valence-corrected chi connectivity index (χ2v) is 4.57. The van der Waals surface area contributed by atoms with E-state index in [4.69, 9.17) is 9.84 Å². The van der Waals surface area contributed by atoms with Gasteiger partial charge in [-0.2, -0.15) is 0 Å². The van der Waals surface area contributed by atoms with E-state index in [1.807, 2.05) is 0 Å². The Labute approximate surface area is 91.9 Å². The van der Waals surface area contributed by atoms with Crippen LogP contribution in [0, 0.1) is 0 Å². The molecule has 0 aromatic carbocycles. The van der Waals surface area contributed by atoms with Crippen LogP contribution in [0.2, 0.25) is 0 Å². The number of thioether (sulfide) groups is 1. The second-order valence-electron chi connectivity index (χ2n) is 3.10. The summed E-state index contributed by atoms with van der Waals surface area (Å²) in [5, 5.41) is 9.50. The number of hydrogen-bond acceptors (Lipinski definition) is 5. The molecule has 0 saturated heterocycles. The molecule has 6 heteroatoms. The van der Waals surface area contributed by atoms with Crippen LogP contribution < -0.4 is 0 Å². The van der Waals surface area contributed by atoms with Crippen molar-refractivity contribution in [1.82, 2.24) is 9.97 Å². The number of aliphatic carboxylic acids is 1. The molecule has 1 heterocycles. The Balaban J connectivity index is 2.80. The molecule has 0 aliphatic rings. The Hall–Kier alpha value is -1.14. The number of rotatable bonds is 5. The van der Waals surface area contributed by atoms with Crippen LogP contribution in [-0.4, -0.2) is 39.5 Å². The van der Waals surface area contributed by atoms with Crippen molar-refractivity contribution in [3.63, 3.8) is 0 Å². The van der Waals surface area contributed by atoms with Gasteiger partial charge in [0.25, 0.3) is 0 Å². The molecule has 1 atom stereocenters. The Bertz CT molecular complexity index is 333. The van der Waals surface area contributed by atoms with E-state index >= 15 is 0 Å². The van der Waals surface area contributed by atoms with Crippen LogP contribution >= 0.6 is 11.8 Å². The standard InChI is InChI=1S/C9H12N2O3S/c1-9(6-14-2,7(12)13)15-8-10-4-3-5-11-8/h3-5H,6H2,1-2H3,(H,12,13). The predicted octanol–water partition coefficient (Wildman–Crippen LogP) is 1.06. The van der Waals surface area contributed by atoms with Gasteiger partial charge in [0.05, 0.1) is 6.61 Å². The van der Waals surface area contributed by atoms with Gasteiger partial charge in [0.2, 0.25) is 0 Å². The fourth-order valence-corrected chi connectivity index (χ4v) is 1.84. The van der Waals surface area contributed by atoms with Crippen molar-refractivity contribution in [3.8, 4) is 0 Å². The van der Waals surface area contributed by atoms with E-state index in [2.05, 4.69) is 9.97 Å². The second kappa shape index (κ2) is 5.09. The zero-order chi connectivity index (χ0) is 11.3. The summed E-state index contributed by atoms with van der Waals surface area (Å²) in [4.78, 5) is 19.0. The minimum absolute atomic E-state index is 0.102. The number of aromatic nitrogens is 2. The molecule has 0 amide bonds. The average molecular weight is 228 g/mol. The summed E-state index contributed by atoms with van der Waals surface area (Å²) < 4.78 is 3.82. The maximum absolute atomic E-state index is 11.1. The normalized spacial score (nSPS) is 14.5. The van der Waals surface area contributed by atoms with Gasteiger partial charge in [-0.05, 0) is 13.0 Å². The minimum Gasteiger partial charge on any atom is -0.480 e. The first-order valence-corrected chi connectivity index (χ1v) is 5.08. The molecule has 1 rings (SSSR count). The van der Waals surface area contributed by atoms with Crippen LogP contribution in [0.1, 0.15) is 6.92 Å². The molecular formula is C9H12N2O3S. The number of carboxylic acids is 1. The van der Waals surface area contributed by atoms with Gasteiger partial charge in [-0.3, -0.25) is 4.79 Å². The van der Waals surface area contributed by atoms with Gasteiger partial charge in [-0.15, -0.1) is 0 Å². The Morgan fingerprint density at radius 2 is 2.20 bits per heavy atom. The Morgan fingerprint density at radius 3 is 2.67 bits per heavy atom. The van der Waals surface area contributed by atoms with Crippen molar-refractivity contribution in [2.75, 3.05) is 13.7 Å². The lowest BCUT2D eigenvalue weighted by Gasteiger charge is -2.21. The van der Waals surface area contributed by atoms with Crippen molar-refractivity contribution in [2.45, 2.75) is 16.8 Å². The molecule has 82 valence electrons. The average Bonchev–Trinajstić information content (AvgIpc) is 2.19. The number of ether oxygens (including phenoxy) is 1. The van der Waals surface area contributed by atoms with Gasteiger partial charge >= 0.3 is 5.97 Å². The molecule has 0 saturated carbocycles. The lowest BCUT2D eigenvalue weighted by Crippen LogP contribution is -2.36. The topological polar surface area (TPSA) is 72.3 Å². The van der Waals surface area contributed by atoms with Crippen molar-refractivity contribution in [1.29, 1.82) is 0 Å². The highest BCUT2D eigenvalue weighted by Crippen LogP contribution is 2.30. The number of carbonyl (C=O) groups is 1. The molecule has 5 nitrogen and oxygen atoms in total. The molecule has 0 fully saturated rings. The molecular weight excluding hydrogens is 216 g/mol. The van der Waals surface area contributed by atoms with Crippen LogP contribution in [0.3, 0.4) is 0 Å². The first-order valence-electron chi connectivity index (χ1n) is 4.27. The Kier molecular flexibility index (Phi) is 4.05. The number of methoxy groups -OCH3 is 1. The molecule has 0 bridgehead atoms. The van der Waals surface area contributed by atoms with Gasteiger partial charge in [0, 0.05) is 19.5 Å². The van der Waals surface area contributed by atoms with Crippen LogP contribution in [0.4, 0.5) is 0 Å². The third-order valence-electron chi connectivity index (χ3n) is 1.73. The fraction of sp³-hybridized carbons (Fsp3) is 0.444. The summed E-state index contributed by atoms with van der Waals surface area (Å²) in [6.45, 7) is 1.69. The Morgan fingerprint density at radius 1 is 1.60 bits per heavy atom. The van der Waals surface area contributed by atoms with Crippen LogP contribution in [0.15, 0.2) is 23.6 Å². The first kappa shape index (κ1) is 11.9. The van der Waals surface area contributed by atoms with Crippen molar-refractivity contribution >= 4 is 17.7 Å². The molecule has 0 aliphatic carbocycles. The van der Waals surface area contributed by atoms with E-state index in [1.54, 1.807) is 25.4 Å². The summed E-state index contributed by atoms with van der Waals surface area (Å²) in [5.41, 5.74) is 0. The van der Waals surface area contributed by atoms with Crippen LogP contribution in [0.25, 0.3) is 0 Å². The summed E-state index contributed by atoms with van der Waals surface area (Å²) in [7, 11) is 1.47. The number of nitrogens with zero attached hydrogens (tertiary/aromatic N) is 2. The number of carboxylic acid groups (broad SMARTS) is 1. The molecule has 0 aliphatic heterocycles. The van der Waals surface area contributed by atoms with Crippen molar-refractivity contribution in [2.24, 2.45) is 0 Å². The van der Waals surface area contributed by atoms with Crippen LogP contribution in [-0.2, 0) is 9.53 Å².